The number of nitrogens with zero attached hydrogens (tertiary/aromatic N) is 3. The van der Waals surface area contributed by atoms with Gasteiger partial charge in [0, 0.05) is 17.0 Å². The van der Waals surface area contributed by atoms with Crippen LogP contribution < -0.4 is 25.0 Å². The van der Waals surface area contributed by atoms with E-state index in [1.54, 1.807) is 6.07 Å². The Morgan fingerprint density at radius 1 is 1.15 bits per heavy atom. The average Bonchev–Trinajstić information content (AvgIpc) is 3.32. The van der Waals surface area contributed by atoms with Crippen LogP contribution in [-0.2, 0) is 4.74 Å². The van der Waals surface area contributed by atoms with Crippen molar-refractivity contribution in [3.8, 4) is 11.6 Å². The van der Waals surface area contributed by atoms with Crippen molar-refractivity contribution in [3.05, 3.63) is 35.5 Å². The number of carbonyl (C=O) groups is 2. The lowest BCUT2D eigenvalue weighted by Crippen LogP contribution is -2.76. The van der Waals surface area contributed by atoms with Crippen molar-refractivity contribution < 1.29 is 32.6 Å². The van der Waals surface area contributed by atoms with Crippen LogP contribution in [0.4, 0.5) is 19.6 Å². The first-order valence-corrected chi connectivity index (χ1v) is 13.9. The molecule has 2 aromatic heterocycles. The first-order chi connectivity index (χ1) is 19.2. The number of aromatic nitrogens is 2. The third-order valence-corrected chi connectivity index (χ3v) is 9.72. The van der Waals surface area contributed by atoms with E-state index in [1.807, 2.05) is 6.07 Å². The number of amides is 2. The summed E-state index contributed by atoms with van der Waals surface area (Å²) in [6, 6.07) is 5.50. The van der Waals surface area contributed by atoms with E-state index < -0.39 is 29.2 Å². The normalized spacial score (nSPS) is 27.9. The summed E-state index contributed by atoms with van der Waals surface area (Å²) in [4.78, 5) is 38.3. The highest BCUT2D eigenvalue weighted by atomic mass is 32.1. The number of rotatable bonds is 8. The highest BCUT2D eigenvalue weighted by Crippen LogP contribution is 2.69. The molecule has 1 aromatic carbocycles. The number of morpholine rings is 1. The zero-order chi connectivity index (χ0) is 27.8. The Morgan fingerprint density at radius 2 is 1.90 bits per heavy atom. The summed E-state index contributed by atoms with van der Waals surface area (Å²) < 4.78 is 43.6. The Bertz CT molecular complexity index is 1510. The highest BCUT2D eigenvalue weighted by Gasteiger charge is 2.72. The van der Waals surface area contributed by atoms with E-state index in [0.717, 1.165) is 11.6 Å². The SMILES string of the molecule is COc1cc(C(=O)NC23CC(C(F)F)(C2)C3)c(NC(=O)c2c(OC)ccc3nc(N4C5COCC4C5)sc23)cn1. The van der Waals surface area contributed by atoms with Gasteiger partial charge in [-0.25, -0.2) is 18.7 Å². The fourth-order valence-electron chi connectivity index (χ4n) is 6.67. The molecular weight excluding hydrogens is 544 g/mol. The standard InChI is InChI=1S/C27H27F2N5O5S/c1-37-18-4-3-16-21(40-25(32-16)34-13-5-14(34)9-39-8-13)20(18)23(36)31-17-7-30-19(38-2)6-15(17)22(35)33-27-10-26(11-27,12-27)24(28)29/h3-4,6-7,13-14,24H,5,8-12H2,1-2H3,(H,31,36)(H,33,35). The smallest absolute Gasteiger partial charge is 0.261 e. The maximum atomic E-state index is 13.8. The summed E-state index contributed by atoms with van der Waals surface area (Å²) in [6.07, 6.45) is 0.731. The molecule has 0 radical (unpaired) electrons. The molecule has 13 heteroatoms. The van der Waals surface area contributed by atoms with Crippen LogP contribution in [0.25, 0.3) is 10.2 Å². The summed E-state index contributed by atoms with van der Waals surface area (Å²) in [5.74, 6) is -0.435. The largest absolute Gasteiger partial charge is 0.496 e. The Balaban J connectivity index is 1.18. The number of nitrogens with one attached hydrogen (secondary N) is 2. The van der Waals surface area contributed by atoms with Gasteiger partial charge in [0.2, 0.25) is 12.3 Å². The van der Waals surface area contributed by atoms with Crippen molar-refractivity contribution in [2.24, 2.45) is 5.41 Å². The zero-order valence-corrected chi connectivity index (χ0v) is 22.6. The van der Waals surface area contributed by atoms with Crippen molar-refractivity contribution >= 4 is 44.2 Å². The number of anilines is 2. The average molecular weight is 572 g/mol. The van der Waals surface area contributed by atoms with Gasteiger partial charge in [-0.2, -0.15) is 0 Å². The molecule has 40 heavy (non-hydrogen) atoms. The minimum absolute atomic E-state index is 0.126. The molecule has 8 rings (SSSR count). The number of hydrogen-bond acceptors (Lipinski definition) is 9. The number of alkyl halides is 2. The second-order valence-electron chi connectivity index (χ2n) is 11.1. The van der Waals surface area contributed by atoms with E-state index in [1.165, 1.54) is 37.8 Å². The molecular formula is C27H27F2N5O5S. The maximum Gasteiger partial charge on any atom is 0.261 e. The summed E-state index contributed by atoms with van der Waals surface area (Å²) >= 11 is 1.42. The number of hydrogen-bond donors (Lipinski definition) is 2. The van der Waals surface area contributed by atoms with Gasteiger partial charge in [-0.15, -0.1) is 0 Å². The lowest BCUT2D eigenvalue weighted by Gasteiger charge is -2.69. The molecule has 5 fully saturated rings. The van der Waals surface area contributed by atoms with Crippen molar-refractivity contribution in [2.45, 2.75) is 49.7 Å². The first-order valence-electron chi connectivity index (χ1n) is 13.0. The van der Waals surface area contributed by atoms with Gasteiger partial charge in [-0.05, 0) is 37.8 Å². The molecule has 2 amide bonds. The molecule has 4 heterocycles. The number of fused-ring (bicyclic) bond motifs is 3. The molecule has 0 spiro atoms. The van der Waals surface area contributed by atoms with E-state index in [9.17, 15) is 18.4 Å². The zero-order valence-electron chi connectivity index (χ0n) is 21.8. The molecule has 3 saturated carbocycles. The van der Waals surface area contributed by atoms with Crippen molar-refractivity contribution in [3.63, 3.8) is 0 Å². The molecule has 2 N–H and O–H groups in total. The van der Waals surface area contributed by atoms with Gasteiger partial charge in [0.15, 0.2) is 5.13 Å². The number of halogens is 2. The predicted octanol–water partition coefficient (Wildman–Crippen LogP) is 3.86. The van der Waals surface area contributed by atoms with Gasteiger partial charge in [0.25, 0.3) is 11.8 Å². The first kappa shape index (κ1) is 25.4. The van der Waals surface area contributed by atoms with Gasteiger partial charge < -0.3 is 29.7 Å². The molecule has 2 atom stereocenters. The van der Waals surface area contributed by atoms with E-state index in [2.05, 4.69) is 20.5 Å². The van der Waals surface area contributed by atoms with Crippen LogP contribution in [0.15, 0.2) is 24.4 Å². The summed E-state index contributed by atoms with van der Waals surface area (Å²) in [5, 5.41) is 6.55. The fraction of sp³-hybridized carbons (Fsp3) is 0.481. The molecule has 2 unspecified atom stereocenters. The number of benzene rings is 1. The molecule has 3 aliphatic carbocycles. The van der Waals surface area contributed by atoms with E-state index >= 15 is 0 Å². The molecule has 2 aliphatic heterocycles. The minimum atomic E-state index is -2.40. The quantitative estimate of drug-likeness (QED) is 0.419. The van der Waals surface area contributed by atoms with Crippen LogP contribution in [0.5, 0.6) is 11.6 Å². The summed E-state index contributed by atoms with van der Waals surface area (Å²) in [6.45, 7) is 1.31. The van der Waals surface area contributed by atoms with Crippen LogP contribution in [0.1, 0.15) is 46.4 Å². The van der Waals surface area contributed by atoms with Crippen molar-refractivity contribution in [2.75, 3.05) is 37.7 Å². The molecule has 5 aliphatic rings. The Hall–Kier alpha value is -3.58. The number of pyridine rings is 1. The second-order valence-corrected chi connectivity index (χ2v) is 12.1. The maximum absolute atomic E-state index is 13.8. The van der Waals surface area contributed by atoms with Gasteiger partial charge in [-0.1, -0.05) is 11.3 Å². The number of thiazole rings is 1. The molecule has 3 aromatic rings. The monoisotopic (exact) mass is 571 g/mol. The third-order valence-electron chi connectivity index (χ3n) is 8.62. The number of methoxy groups -OCH3 is 2. The van der Waals surface area contributed by atoms with Gasteiger partial charge in [-0.3, -0.25) is 9.59 Å². The number of carbonyl (C=O) groups excluding carboxylic acids is 2. The van der Waals surface area contributed by atoms with Crippen molar-refractivity contribution in [1.29, 1.82) is 0 Å². The summed E-state index contributed by atoms with van der Waals surface area (Å²) in [7, 11) is 2.90. The van der Waals surface area contributed by atoms with E-state index in [-0.39, 0.29) is 48.5 Å². The van der Waals surface area contributed by atoms with Crippen LogP contribution in [-0.4, -0.2) is 73.3 Å². The van der Waals surface area contributed by atoms with Crippen LogP contribution in [0.2, 0.25) is 0 Å². The Kier molecular flexibility index (Phi) is 5.69. The minimum Gasteiger partial charge on any atom is -0.496 e. The number of ether oxygens (including phenoxy) is 3. The highest BCUT2D eigenvalue weighted by molar-refractivity contribution is 7.22. The molecule has 210 valence electrons. The fourth-order valence-corrected chi connectivity index (χ4v) is 7.91. The Morgan fingerprint density at radius 3 is 2.55 bits per heavy atom. The lowest BCUT2D eigenvalue weighted by atomic mass is 9.39. The summed E-state index contributed by atoms with van der Waals surface area (Å²) in [5.41, 5.74) is -0.368. The van der Waals surface area contributed by atoms with E-state index in [4.69, 9.17) is 19.2 Å². The van der Waals surface area contributed by atoms with Gasteiger partial charge >= 0.3 is 0 Å². The van der Waals surface area contributed by atoms with Gasteiger partial charge in [0.1, 0.15) is 11.3 Å². The second kappa shape index (κ2) is 8.96. The van der Waals surface area contributed by atoms with Crippen LogP contribution in [0.3, 0.4) is 0 Å². The van der Waals surface area contributed by atoms with E-state index in [0.29, 0.717) is 34.7 Å². The Labute approximate surface area is 232 Å². The van der Waals surface area contributed by atoms with Crippen molar-refractivity contribution in [1.82, 2.24) is 15.3 Å². The van der Waals surface area contributed by atoms with Crippen LogP contribution in [0, 0.1) is 5.41 Å². The van der Waals surface area contributed by atoms with Gasteiger partial charge in [0.05, 0.1) is 67.2 Å². The molecule has 4 bridgehead atoms. The third kappa shape index (κ3) is 3.74. The molecule has 2 saturated heterocycles. The predicted molar refractivity (Wildman–Crippen MR) is 143 cm³/mol. The lowest BCUT2D eigenvalue weighted by molar-refractivity contribution is -0.223. The molecule has 10 nitrogen and oxygen atoms in total. The van der Waals surface area contributed by atoms with Crippen LogP contribution >= 0.6 is 11.3 Å². The topological polar surface area (TPSA) is 115 Å².